The smallest absolute Gasteiger partial charge is 0.349 e. The Balaban J connectivity index is 0.00000541. The van der Waals surface area contributed by atoms with E-state index in [0.717, 1.165) is 18.9 Å². The van der Waals surface area contributed by atoms with E-state index in [0.29, 0.717) is 79.4 Å². The molecular weight excluding hydrogens is 711 g/mol. The number of H-pyrrole nitrogens is 1. The van der Waals surface area contributed by atoms with E-state index in [9.17, 15) is 27.6 Å². The number of halogens is 4. The summed E-state index contributed by atoms with van der Waals surface area (Å²) in [6.45, 7) is 1.96. The van der Waals surface area contributed by atoms with Crippen molar-refractivity contribution in [1.29, 1.82) is 0 Å². The van der Waals surface area contributed by atoms with Gasteiger partial charge in [0.15, 0.2) is 0 Å². The second-order valence-electron chi connectivity index (χ2n) is 13.5. The van der Waals surface area contributed by atoms with E-state index in [4.69, 9.17) is 5.73 Å². The Hall–Kier alpha value is -4.86. The molecule has 1 aliphatic carbocycles. The highest BCUT2D eigenvalue weighted by Gasteiger charge is 2.36. The number of piperidine rings is 1. The Bertz CT molecular complexity index is 1830. The minimum atomic E-state index is -4.74. The van der Waals surface area contributed by atoms with E-state index in [1.165, 1.54) is 12.1 Å². The van der Waals surface area contributed by atoms with Crippen LogP contribution in [0.2, 0.25) is 0 Å². The van der Waals surface area contributed by atoms with Crippen LogP contribution in [-0.2, 0) is 22.2 Å². The number of nitrogens with one attached hydrogen (secondary N) is 5. The molecule has 16 heteroatoms. The molecule has 1 aliphatic heterocycles. The Morgan fingerprint density at radius 3 is 2.15 bits per heavy atom. The zero-order valence-corrected chi connectivity index (χ0v) is 29.7. The van der Waals surface area contributed by atoms with Crippen LogP contribution in [0.1, 0.15) is 60.0 Å². The molecule has 12 nitrogen and oxygen atoms in total. The third kappa shape index (κ3) is 10.2. The number of alkyl halides is 3. The fourth-order valence-corrected chi connectivity index (χ4v) is 6.83. The average Bonchev–Trinajstić information content (AvgIpc) is 3.70. The Morgan fingerprint density at radius 1 is 0.868 bits per heavy atom. The van der Waals surface area contributed by atoms with Gasteiger partial charge in [0.2, 0.25) is 17.6 Å². The molecule has 3 aromatic carbocycles. The van der Waals surface area contributed by atoms with Crippen LogP contribution in [-0.4, -0.2) is 70.1 Å². The molecule has 2 heterocycles. The molecule has 1 atom stereocenters. The second kappa shape index (κ2) is 17.8. The lowest BCUT2D eigenvalue weighted by Gasteiger charge is -2.28. The Morgan fingerprint density at radius 2 is 1.53 bits per heavy atom. The van der Waals surface area contributed by atoms with Crippen molar-refractivity contribution in [3.63, 3.8) is 0 Å². The number of nitrogens with zero attached hydrogens (tertiary/aromatic N) is 3. The van der Waals surface area contributed by atoms with Gasteiger partial charge in [-0.3, -0.25) is 14.4 Å². The normalized spacial score (nSPS) is 18.3. The van der Waals surface area contributed by atoms with Crippen LogP contribution in [0.15, 0.2) is 66.7 Å². The summed E-state index contributed by atoms with van der Waals surface area (Å²) in [5, 5.41) is 25.6. The van der Waals surface area contributed by atoms with E-state index >= 15 is 0 Å². The van der Waals surface area contributed by atoms with Crippen molar-refractivity contribution in [1.82, 2.24) is 36.6 Å². The molecule has 1 aromatic heterocycles. The maximum Gasteiger partial charge on any atom is 0.417 e. The van der Waals surface area contributed by atoms with Crippen LogP contribution in [0.3, 0.4) is 0 Å². The molecule has 7 N–H and O–H groups in total. The first kappa shape index (κ1) is 39.3. The van der Waals surface area contributed by atoms with Crippen molar-refractivity contribution in [2.75, 3.05) is 25.0 Å². The molecule has 282 valence electrons. The number of rotatable bonds is 11. The monoisotopic (exact) mass is 753 g/mol. The SMILES string of the molecule is Cl.NC[C@H]1CC[C@H](C(=O)N[C@@H](Cc2ccc(-c3ccc(C(=O)NC4CCNCC4)c(C(F)(F)F)c3)cc2)C(=O)Nc2ccc(-c3nn[nH]n3)cc2)CC1. The van der Waals surface area contributed by atoms with Gasteiger partial charge in [0.25, 0.3) is 5.91 Å². The summed E-state index contributed by atoms with van der Waals surface area (Å²) in [5.74, 6) is -0.821. The Kier molecular flexibility index (Phi) is 13.2. The summed E-state index contributed by atoms with van der Waals surface area (Å²) < 4.78 is 42.6. The molecule has 0 bridgehead atoms. The molecule has 0 radical (unpaired) electrons. The van der Waals surface area contributed by atoms with Gasteiger partial charge in [-0.05, 0) is 122 Å². The van der Waals surface area contributed by atoms with Crippen molar-refractivity contribution in [2.24, 2.45) is 17.6 Å². The molecule has 53 heavy (non-hydrogen) atoms. The highest BCUT2D eigenvalue weighted by Crippen LogP contribution is 2.35. The standard InChI is InChI=1S/C37H42F3N9O3.ClH/c38-37(39,40)31-20-27(11-14-30(31)35(51)43-29-15-17-42-18-16-29)24-5-1-22(2-6-24)19-32(45-34(50)26-7-3-23(21-41)4-8-26)36(52)44-28-12-9-25(10-13-28)33-46-48-49-47-33;/h1-2,5-6,9-14,20,23,26,29,32,42H,3-4,7-8,15-19,21,41H2,(H,43,51)(H,44,52)(H,45,50)(H,46,47,48,49);1H/t23-,26-,32-;/m0./s1. The maximum absolute atomic E-state index is 14.2. The third-order valence-electron chi connectivity index (χ3n) is 9.91. The lowest BCUT2D eigenvalue weighted by Crippen LogP contribution is -2.48. The fraction of sp³-hybridized carbons (Fsp3) is 0.405. The van der Waals surface area contributed by atoms with Gasteiger partial charge < -0.3 is 27.0 Å². The number of aromatic nitrogens is 4. The van der Waals surface area contributed by atoms with Crippen LogP contribution in [0.4, 0.5) is 18.9 Å². The summed E-state index contributed by atoms with van der Waals surface area (Å²) in [7, 11) is 0. The first-order valence-corrected chi connectivity index (χ1v) is 17.5. The fourth-order valence-electron chi connectivity index (χ4n) is 6.83. The van der Waals surface area contributed by atoms with Crippen molar-refractivity contribution in [2.45, 2.75) is 63.2 Å². The summed E-state index contributed by atoms with van der Waals surface area (Å²) in [6, 6.07) is 16.2. The molecule has 0 unspecified atom stereocenters. The number of tetrazole rings is 1. The number of carbonyl (C=O) groups excluding carboxylic acids is 3. The van der Waals surface area contributed by atoms with Gasteiger partial charge >= 0.3 is 6.18 Å². The lowest BCUT2D eigenvalue weighted by atomic mass is 9.81. The van der Waals surface area contributed by atoms with Gasteiger partial charge in [0, 0.05) is 29.6 Å². The first-order valence-electron chi connectivity index (χ1n) is 17.5. The number of hydrogen-bond acceptors (Lipinski definition) is 8. The minimum Gasteiger partial charge on any atom is -0.349 e. The van der Waals surface area contributed by atoms with Crippen molar-refractivity contribution >= 4 is 35.8 Å². The van der Waals surface area contributed by atoms with Gasteiger partial charge in [0.05, 0.1) is 11.1 Å². The zero-order valence-electron chi connectivity index (χ0n) is 28.9. The number of hydrogen-bond donors (Lipinski definition) is 6. The van der Waals surface area contributed by atoms with E-state index in [-0.39, 0.29) is 42.3 Å². The molecule has 2 aliphatic rings. The van der Waals surface area contributed by atoms with E-state index < -0.39 is 35.2 Å². The van der Waals surface area contributed by atoms with Gasteiger partial charge in [-0.15, -0.1) is 22.6 Å². The number of nitrogens with two attached hydrogens (primary N) is 1. The summed E-state index contributed by atoms with van der Waals surface area (Å²) in [5.41, 5.74) is 7.09. The second-order valence-corrected chi connectivity index (χ2v) is 13.5. The van der Waals surface area contributed by atoms with Crippen LogP contribution < -0.4 is 27.0 Å². The highest BCUT2D eigenvalue weighted by molar-refractivity contribution is 5.98. The van der Waals surface area contributed by atoms with Crippen LogP contribution in [0, 0.1) is 11.8 Å². The molecule has 0 spiro atoms. The summed E-state index contributed by atoms with van der Waals surface area (Å²) >= 11 is 0. The molecular formula is C37H43ClF3N9O3. The summed E-state index contributed by atoms with van der Waals surface area (Å²) in [6.07, 6.45) is -0.240. The molecule has 1 saturated heterocycles. The maximum atomic E-state index is 14.2. The number of aromatic amines is 1. The molecule has 4 aromatic rings. The van der Waals surface area contributed by atoms with E-state index in [1.54, 1.807) is 48.5 Å². The van der Waals surface area contributed by atoms with Gasteiger partial charge in [-0.1, -0.05) is 30.3 Å². The summed E-state index contributed by atoms with van der Waals surface area (Å²) in [4.78, 5) is 40.0. The number of carbonyl (C=O) groups is 3. The first-order chi connectivity index (χ1) is 25.1. The minimum absolute atomic E-state index is 0. The number of benzene rings is 3. The highest BCUT2D eigenvalue weighted by atomic mass is 35.5. The number of anilines is 1. The van der Waals surface area contributed by atoms with Crippen LogP contribution in [0.5, 0.6) is 0 Å². The van der Waals surface area contributed by atoms with Crippen LogP contribution >= 0.6 is 12.4 Å². The predicted octanol–water partition coefficient (Wildman–Crippen LogP) is 4.89. The quantitative estimate of drug-likeness (QED) is 0.125. The van der Waals surface area contributed by atoms with Crippen molar-refractivity contribution < 1.29 is 27.6 Å². The topological polar surface area (TPSA) is 180 Å². The molecule has 1 saturated carbocycles. The van der Waals surface area contributed by atoms with Gasteiger partial charge in [-0.25, -0.2) is 0 Å². The van der Waals surface area contributed by atoms with Crippen molar-refractivity contribution in [3.05, 3.63) is 83.4 Å². The van der Waals surface area contributed by atoms with Crippen molar-refractivity contribution in [3.8, 4) is 22.5 Å². The number of amides is 3. The largest absolute Gasteiger partial charge is 0.417 e. The average molecular weight is 754 g/mol. The molecule has 2 fully saturated rings. The van der Waals surface area contributed by atoms with E-state index in [2.05, 4.69) is 41.9 Å². The zero-order chi connectivity index (χ0) is 36.7. The predicted molar refractivity (Wildman–Crippen MR) is 196 cm³/mol. The van der Waals surface area contributed by atoms with Gasteiger partial charge in [0.1, 0.15) is 6.04 Å². The van der Waals surface area contributed by atoms with E-state index in [1.807, 2.05) is 0 Å². The molecule has 3 amide bonds. The lowest BCUT2D eigenvalue weighted by molar-refractivity contribution is -0.138. The Labute approximate surface area is 311 Å². The molecule has 6 rings (SSSR count). The van der Waals surface area contributed by atoms with Crippen LogP contribution in [0.25, 0.3) is 22.5 Å². The van der Waals surface area contributed by atoms with Gasteiger partial charge in [-0.2, -0.15) is 18.4 Å². The third-order valence-corrected chi connectivity index (χ3v) is 9.91.